The van der Waals surface area contributed by atoms with Crippen molar-refractivity contribution in [1.82, 2.24) is 15.1 Å². The highest BCUT2D eigenvalue weighted by Gasteiger charge is 2.34. The number of ether oxygens (including phenoxy) is 1. The molecule has 20 heavy (non-hydrogen) atoms. The zero-order valence-electron chi connectivity index (χ0n) is 12.6. The van der Waals surface area contributed by atoms with Crippen LogP contribution >= 0.6 is 0 Å². The average Bonchev–Trinajstić information content (AvgIpc) is 3.14. The second kappa shape index (κ2) is 5.91. The number of nitrogens with one attached hydrogen (secondary N) is 1. The second-order valence-corrected chi connectivity index (χ2v) is 7.29. The molecule has 0 aromatic carbocycles. The van der Waals surface area contributed by atoms with E-state index >= 15 is 0 Å². The Morgan fingerprint density at radius 3 is 2.75 bits per heavy atom. The molecule has 3 atom stereocenters. The Hall–Kier alpha value is -0.160. The van der Waals surface area contributed by atoms with Crippen LogP contribution in [0.15, 0.2) is 0 Å². The van der Waals surface area contributed by atoms with Gasteiger partial charge in [-0.2, -0.15) is 0 Å². The standard InChI is InChI=1S/C16H29N3O/c1-3-14(17-13-5-6-13)9-18(7-1)10-16-11-19-8-2-4-15(19)12-20-16/h13-17H,1-12H2. The molecule has 1 saturated carbocycles. The summed E-state index contributed by atoms with van der Waals surface area (Å²) in [7, 11) is 0. The number of hydrogen-bond donors (Lipinski definition) is 1. The molecule has 4 aliphatic rings. The fourth-order valence-electron chi connectivity index (χ4n) is 4.22. The lowest BCUT2D eigenvalue weighted by Crippen LogP contribution is -2.53. The molecule has 1 aliphatic carbocycles. The van der Waals surface area contributed by atoms with E-state index in [1.807, 2.05) is 0 Å². The van der Waals surface area contributed by atoms with Crippen molar-refractivity contribution in [3.63, 3.8) is 0 Å². The normalized spacial score (nSPS) is 39.9. The van der Waals surface area contributed by atoms with E-state index < -0.39 is 0 Å². The van der Waals surface area contributed by atoms with Crippen molar-refractivity contribution >= 4 is 0 Å². The zero-order chi connectivity index (χ0) is 13.4. The van der Waals surface area contributed by atoms with E-state index in [1.54, 1.807) is 0 Å². The van der Waals surface area contributed by atoms with Gasteiger partial charge in [-0.25, -0.2) is 0 Å². The number of fused-ring (bicyclic) bond motifs is 1. The maximum atomic E-state index is 6.12. The first-order chi connectivity index (χ1) is 9.87. The van der Waals surface area contributed by atoms with Gasteiger partial charge in [0.05, 0.1) is 12.7 Å². The van der Waals surface area contributed by atoms with Crippen LogP contribution < -0.4 is 5.32 Å². The molecule has 3 unspecified atom stereocenters. The van der Waals surface area contributed by atoms with Crippen LogP contribution in [-0.4, -0.2) is 73.4 Å². The Labute approximate surface area is 122 Å². The molecule has 4 nitrogen and oxygen atoms in total. The second-order valence-electron chi connectivity index (χ2n) is 7.29. The van der Waals surface area contributed by atoms with E-state index in [0.717, 1.165) is 31.3 Å². The summed E-state index contributed by atoms with van der Waals surface area (Å²) < 4.78 is 6.12. The summed E-state index contributed by atoms with van der Waals surface area (Å²) in [6, 6.07) is 2.31. The van der Waals surface area contributed by atoms with Crippen molar-refractivity contribution in [3.8, 4) is 0 Å². The molecule has 3 heterocycles. The molecular weight excluding hydrogens is 250 g/mol. The third-order valence-electron chi connectivity index (χ3n) is 5.48. The lowest BCUT2D eigenvalue weighted by molar-refractivity contribution is -0.0636. The Balaban J connectivity index is 1.25. The minimum Gasteiger partial charge on any atom is -0.374 e. The highest BCUT2D eigenvalue weighted by molar-refractivity contribution is 4.90. The largest absolute Gasteiger partial charge is 0.374 e. The molecule has 0 amide bonds. The molecule has 0 aromatic heterocycles. The topological polar surface area (TPSA) is 27.7 Å². The predicted octanol–water partition coefficient (Wildman–Crippen LogP) is 1.07. The molecule has 0 bridgehead atoms. The highest BCUT2D eigenvalue weighted by atomic mass is 16.5. The number of hydrogen-bond acceptors (Lipinski definition) is 4. The van der Waals surface area contributed by atoms with Gasteiger partial charge in [-0.05, 0) is 51.6 Å². The molecule has 114 valence electrons. The van der Waals surface area contributed by atoms with Crippen LogP contribution in [0.25, 0.3) is 0 Å². The lowest BCUT2D eigenvalue weighted by Gasteiger charge is -2.40. The van der Waals surface area contributed by atoms with Gasteiger partial charge in [-0.1, -0.05) is 0 Å². The molecule has 4 heteroatoms. The number of rotatable bonds is 4. The summed E-state index contributed by atoms with van der Waals surface area (Å²) in [5, 5.41) is 3.80. The molecule has 4 fully saturated rings. The monoisotopic (exact) mass is 279 g/mol. The summed E-state index contributed by atoms with van der Waals surface area (Å²) in [4.78, 5) is 5.31. The summed E-state index contributed by atoms with van der Waals surface area (Å²) in [6.45, 7) is 7.10. The van der Waals surface area contributed by atoms with Crippen LogP contribution in [0.4, 0.5) is 0 Å². The fourth-order valence-corrected chi connectivity index (χ4v) is 4.22. The number of morpholine rings is 1. The van der Waals surface area contributed by atoms with Gasteiger partial charge in [0.25, 0.3) is 0 Å². The van der Waals surface area contributed by atoms with E-state index in [-0.39, 0.29) is 0 Å². The predicted molar refractivity (Wildman–Crippen MR) is 80.0 cm³/mol. The molecule has 4 rings (SSSR count). The van der Waals surface area contributed by atoms with Gasteiger partial charge in [0.2, 0.25) is 0 Å². The van der Waals surface area contributed by atoms with Crippen molar-refractivity contribution < 1.29 is 4.74 Å². The molecule has 0 radical (unpaired) electrons. The van der Waals surface area contributed by atoms with E-state index in [4.69, 9.17) is 4.74 Å². The number of nitrogens with zero attached hydrogens (tertiary/aromatic N) is 2. The third kappa shape index (κ3) is 3.19. The van der Waals surface area contributed by atoms with Crippen LogP contribution in [0.3, 0.4) is 0 Å². The Bertz CT molecular complexity index is 334. The van der Waals surface area contributed by atoms with Crippen molar-refractivity contribution in [3.05, 3.63) is 0 Å². The van der Waals surface area contributed by atoms with Crippen molar-refractivity contribution in [2.45, 2.75) is 62.8 Å². The summed E-state index contributed by atoms with van der Waals surface area (Å²) in [6.07, 6.45) is 8.69. The summed E-state index contributed by atoms with van der Waals surface area (Å²) >= 11 is 0. The highest BCUT2D eigenvalue weighted by Crippen LogP contribution is 2.24. The fraction of sp³-hybridized carbons (Fsp3) is 1.00. The van der Waals surface area contributed by atoms with Gasteiger partial charge in [0, 0.05) is 37.8 Å². The molecule has 0 aromatic rings. The Kier molecular flexibility index (Phi) is 3.99. The van der Waals surface area contributed by atoms with Gasteiger partial charge < -0.3 is 10.1 Å². The molecule has 0 spiro atoms. The summed E-state index contributed by atoms with van der Waals surface area (Å²) in [5.74, 6) is 0. The van der Waals surface area contributed by atoms with Crippen molar-refractivity contribution in [2.75, 3.05) is 39.3 Å². The van der Waals surface area contributed by atoms with Crippen LogP contribution in [0.5, 0.6) is 0 Å². The smallest absolute Gasteiger partial charge is 0.0829 e. The maximum Gasteiger partial charge on any atom is 0.0829 e. The number of likely N-dealkylation sites (tertiary alicyclic amines) is 1. The van der Waals surface area contributed by atoms with Gasteiger partial charge in [0.1, 0.15) is 0 Å². The first-order valence-corrected chi connectivity index (χ1v) is 8.71. The number of piperidine rings is 1. The first-order valence-electron chi connectivity index (χ1n) is 8.71. The lowest BCUT2D eigenvalue weighted by atomic mass is 10.0. The van der Waals surface area contributed by atoms with Crippen molar-refractivity contribution in [1.29, 1.82) is 0 Å². The van der Waals surface area contributed by atoms with Gasteiger partial charge in [0.15, 0.2) is 0 Å². The van der Waals surface area contributed by atoms with Crippen LogP contribution in [0, 0.1) is 0 Å². The minimum absolute atomic E-state index is 0.448. The molecule has 1 N–H and O–H groups in total. The van der Waals surface area contributed by atoms with Gasteiger partial charge in [-0.3, -0.25) is 9.80 Å². The Morgan fingerprint density at radius 1 is 0.950 bits per heavy atom. The Morgan fingerprint density at radius 2 is 1.85 bits per heavy atom. The van der Waals surface area contributed by atoms with Gasteiger partial charge >= 0.3 is 0 Å². The summed E-state index contributed by atoms with van der Waals surface area (Å²) in [5.41, 5.74) is 0. The maximum absolute atomic E-state index is 6.12. The molecule has 3 saturated heterocycles. The van der Waals surface area contributed by atoms with Crippen LogP contribution in [-0.2, 0) is 4.74 Å². The molecule has 3 aliphatic heterocycles. The zero-order valence-corrected chi connectivity index (χ0v) is 12.6. The first kappa shape index (κ1) is 13.5. The van der Waals surface area contributed by atoms with Crippen LogP contribution in [0.1, 0.15) is 38.5 Å². The molecular formula is C16H29N3O. The average molecular weight is 279 g/mol. The van der Waals surface area contributed by atoms with Crippen LogP contribution in [0.2, 0.25) is 0 Å². The van der Waals surface area contributed by atoms with E-state index in [1.165, 1.54) is 64.7 Å². The van der Waals surface area contributed by atoms with Crippen molar-refractivity contribution in [2.24, 2.45) is 0 Å². The third-order valence-corrected chi connectivity index (χ3v) is 5.48. The van der Waals surface area contributed by atoms with E-state index in [9.17, 15) is 0 Å². The quantitative estimate of drug-likeness (QED) is 0.833. The van der Waals surface area contributed by atoms with Gasteiger partial charge in [-0.15, -0.1) is 0 Å². The SMILES string of the molecule is C1CC(NC2CC2)CN(CC2CN3CCCC3CO2)C1. The minimum atomic E-state index is 0.448. The van der Waals surface area contributed by atoms with E-state index in [0.29, 0.717) is 6.10 Å². The van der Waals surface area contributed by atoms with E-state index in [2.05, 4.69) is 15.1 Å².